The molecule has 1 aromatic heterocycles. The first-order valence-electron chi connectivity index (χ1n) is 12.4. The van der Waals surface area contributed by atoms with Gasteiger partial charge in [0.05, 0.1) is 31.2 Å². The van der Waals surface area contributed by atoms with Gasteiger partial charge in [0.2, 0.25) is 5.91 Å². The van der Waals surface area contributed by atoms with Gasteiger partial charge in [-0.25, -0.2) is 4.68 Å². The molecule has 0 aliphatic carbocycles. The van der Waals surface area contributed by atoms with Crippen molar-refractivity contribution in [3.05, 3.63) is 90.0 Å². The lowest BCUT2D eigenvalue weighted by Gasteiger charge is -2.27. The quantitative estimate of drug-likeness (QED) is 0.327. The molecule has 0 unspecified atom stereocenters. The first-order valence-corrected chi connectivity index (χ1v) is 12.4. The minimum absolute atomic E-state index is 0.147. The van der Waals surface area contributed by atoms with Crippen molar-refractivity contribution in [1.82, 2.24) is 14.7 Å². The molecule has 2 amide bonds. The molecule has 0 radical (unpaired) electrons. The van der Waals surface area contributed by atoms with Crippen LogP contribution >= 0.6 is 0 Å². The van der Waals surface area contributed by atoms with Crippen molar-refractivity contribution in [1.29, 1.82) is 0 Å². The molecule has 196 valence electrons. The zero-order valence-corrected chi connectivity index (χ0v) is 22.3. The summed E-state index contributed by atoms with van der Waals surface area (Å²) in [6.07, 6.45) is 0. The van der Waals surface area contributed by atoms with Crippen LogP contribution in [-0.2, 0) is 4.79 Å². The molecule has 0 spiro atoms. The van der Waals surface area contributed by atoms with Gasteiger partial charge in [-0.05, 0) is 45.0 Å². The van der Waals surface area contributed by atoms with Gasteiger partial charge in [0.25, 0.3) is 5.91 Å². The summed E-state index contributed by atoms with van der Waals surface area (Å²) < 4.78 is 12.4. The van der Waals surface area contributed by atoms with Crippen LogP contribution in [0.2, 0.25) is 0 Å². The van der Waals surface area contributed by atoms with Gasteiger partial charge in [0, 0.05) is 23.7 Å². The van der Waals surface area contributed by atoms with Crippen LogP contribution in [0.3, 0.4) is 0 Å². The van der Waals surface area contributed by atoms with Crippen LogP contribution in [0.5, 0.6) is 11.5 Å². The summed E-state index contributed by atoms with van der Waals surface area (Å²) in [4.78, 5) is 28.3. The number of methoxy groups -OCH3 is 2. The fourth-order valence-corrected chi connectivity index (χ4v) is 4.06. The smallest absolute Gasteiger partial charge is 0.258 e. The third-order valence-corrected chi connectivity index (χ3v) is 6.16. The Morgan fingerprint density at radius 2 is 1.66 bits per heavy atom. The Labute approximate surface area is 222 Å². The van der Waals surface area contributed by atoms with E-state index in [1.807, 2.05) is 81.4 Å². The number of ether oxygens (including phenoxy) is 2. The lowest BCUT2D eigenvalue weighted by Crippen LogP contribution is -2.42. The lowest BCUT2D eigenvalue weighted by molar-refractivity contribution is -0.117. The highest BCUT2D eigenvalue weighted by Gasteiger charge is 2.25. The molecular formula is C30H32N4O4. The molecule has 0 aliphatic rings. The van der Waals surface area contributed by atoms with Gasteiger partial charge < -0.3 is 19.7 Å². The van der Waals surface area contributed by atoms with Crippen LogP contribution in [0.25, 0.3) is 16.9 Å². The molecule has 38 heavy (non-hydrogen) atoms. The predicted octanol–water partition coefficient (Wildman–Crippen LogP) is 5.35. The van der Waals surface area contributed by atoms with Gasteiger partial charge in [-0.15, -0.1) is 0 Å². The van der Waals surface area contributed by atoms with Crippen molar-refractivity contribution in [3.8, 4) is 28.4 Å². The fraction of sp³-hybridized carbons (Fsp3) is 0.233. The number of hydrogen-bond acceptors (Lipinski definition) is 5. The van der Waals surface area contributed by atoms with Gasteiger partial charge in [-0.2, -0.15) is 5.10 Å². The summed E-state index contributed by atoms with van der Waals surface area (Å²) in [5, 5.41) is 7.73. The van der Waals surface area contributed by atoms with E-state index in [0.717, 1.165) is 22.5 Å². The van der Waals surface area contributed by atoms with Gasteiger partial charge >= 0.3 is 0 Å². The number of anilines is 1. The standard InChI is InChI=1S/C30H32N4O4/c1-20(2)33(30(36)25-16-15-24(37-4)17-27(25)38-5)19-29(35)31-28-18-26(22-9-7-6-8-10-22)32-34(28)23-13-11-21(3)12-14-23/h6-18,20H,19H2,1-5H3,(H,31,35). The van der Waals surface area contributed by atoms with Crippen LogP contribution in [0.1, 0.15) is 29.8 Å². The second kappa shape index (κ2) is 11.6. The third-order valence-electron chi connectivity index (χ3n) is 6.16. The van der Waals surface area contributed by atoms with E-state index < -0.39 is 0 Å². The summed E-state index contributed by atoms with van der Waals surface area (Å²) in [6, 6.07) is 24.2. The zero-order valence-electron chi connectivity index (χ0n) is 22.3. The average molecular weight is 513 g/mol. The van der Waals surface area contributed by atoms with E-state index in [2.05, 4.69) is 5.32 Å². The maximum absolute atomic E-state index is 13.5. The van der Waals surface area contributed by atoms with Crippen LogP contribution in [-0.4, -0.2) is 53.3 Å². The summed E-state index contributed by atoms with van der Waals surface area (Å²) in [5.74, 6) is 0.811. The van der Waals surface area contributed by atoms with E-state index in [4.69, 9.17) is 14.6 Å². The number of aromatic nitrogens is 2. The third kappa shape index (κ3) is 5.86. The number of carbonyl (C=O) groups is 2. The molecule has 3 aromatic carbocycles. The minimum atomic E-state index is -0.340. The van der Waals surface area contributed by atoms with E-state index in [1.165, 1.54) is 12.0 Å². The number of amides is 2. The Morgan fingerprint density at radius 3 is 2.29 bits per heavy atom. The number of rotatable bonds is 9. The Bertz CT molecular complexity index is 1410. The highest BCUT2D eigenvalue weighted by Crippen LogP contribution is 2.27. The number of carbonyl (C=O) groups excluding carboxylic acids is 2. The van der Waals surface area contributed by atoms with Crippen molar-refractivity contribution in [3.63, 3.8) is 0 Å². The molecule has 1 heterocycles. The summed E-state index contributed by atoms with van der Waals surface area (Å²) in [7, 11) is 3.04. The number of benzene rings is 3. The van der Waals surface area contributed by atoms with Crippen molar-refractivity contribution in [2.45, 2.75) is 26.8 Å². The Balaban J connectivity index is 1.61. The normalized spacial score (nSPS) is 10.8. The molecule has 0 atom stereocenters. The van der Waals surface area contributed by atoms with E-state index in [-0.39, 0.29) is 24.4 Å². The molecule has 4 aromatic rings. The van der Waals surface area contributed by atoms with Crippen molar-refractivity contribution in [2.24, 2.45) is 0 Å². The predicted molar refractivity (Wildman–Crippen MR) is 148 cm³/mol. The molecular weight excluding hydrogens is 480 g/mol. The molecule has 0 saturated carbocycles. The number of nitrogens with zero attached hydrogens (tertiary/aromatic N) is 3. The first-order chi connectivity index (χ1) is 18.3. The van der Waals surface area contributed by atoms with Crippen LogP contribution in [0, 0.1) is 6.92 Å². The van der Waals surface area contributed by atoms with E-state index in [9.17, 15) is 9.59 Å². The second-order valence-electron chi connectivity index (χ2n) is 9.17. The topological polar surface area (TPSA) is 85.7 Å². The highest BCUT2D eigenvalue weighted by molar-refractivity contribution is 6.01. The number of nitrogens with one attached hydrogen (secondary N) is 1. The Morgan fingerprint density at radius 1 is 0.947 bits per heavy atom. The average Bonchev–Trinajstić information content (AvgIpc) is 3.35. The molecule has 0 fully saturated rings. The van der Waals surface area contributed by atoms with Crippen molar-refractivity contribution in [2.75, 3.05) is 26.1 Å². The van der Waals surface area contributed by atoms with Crippen LogP contribution in [0.4, 0.5) is 5.82 Å². The fourth-order valence-electron chi connectivity index (χ4n) is 4.06. The summed E-state index contributed by atoms with van der Waals surface area (Å²) >= 11 is 0. The first kappa shape index (κ1) is 26.5. The molecule has 1 N–H and O–H groups in total. The molecule has 0 bridgehead atoms. The van der Waals surface area contributed by atoms with Gasteiger partial charge in [0.15, 0.2) is 0 Å². The van der Waals surface area contributed by atoms with E-state index >= 15 is 0 Å². The van der Waals surface area contributed by atoms with E-state index in [1.54, 1.807) is 30.0 Å². The molecule has 0 saturated heterocycles. The molecule has 8 nitrogen and oxygen atoms in total. The van der Waals surface area contributed by atoms with Crippen LogP contribution < -0.4 is 14.8 Å². The lowest BCUT2D eigenvalue weighted by atomic mass is 10.1. The van der Waals surface area contributed by atoms with Gasteiger partial charge in [0.1, 0.15) is 23.9 Å². The Kier molecular flexibility index (Phi) is 8.11. The number of aryl methyl sites for hydroxylation is 1. The maximum Gasteiger partial charge on any atom is 0.258 e. The van der Waals surface area contributed by atoms with Crippen molar-refractivity contribution >= 4 is 17.6 Å². The number of hydrogen-bond donors (Lipinski definition) is 1. The maximum atomic E-state index is 13.5. The molecule has 0 aliphatic heterocycles. The van der Waals surface area contributed by atoms with Crippen LogP contribution in [0.15, 0.2) is 78.9 Å². The summed E-state index contributed by atoms with van der Waals surface area (Å²) in [6.45, 7) is 5.60. The zero-order chi connectivity index (χ0) is 27.2. The highest BCUT2D eigenvalue weighted by atomic mass is 16.5. The monoisotopic (exact) mass is 512 g/mol. The SMILES string of the molecule is COc1ccc(C(=O)N(CC(=O)Nc2cc(-c3ccccc3)nn2-c2ccc(C)cc2)C(C)C)c(OC)c1. The van der Waals surface area contributed by atoms with Gasteiger partial charge in [-0.1, -0.05) is 48.0 Å². The second-order valence-corrected chi connectivity index (χ2v) is 9.17. The summed E-state index contributed by atoms with van der Waals surface area (Å²) in [5.41, 5.74) is 3.94. The largest absolute Gasteiger partial charge is 0.497 e. The van der Waals surface area contributed by atoms with Gasteiger partial charge in [-0.3, -0.25) is 9.59 Å². The van der Waals surface area contributed by atoms with E-state index in [0.29, 0.717) is 22.9 Å². The van der Waals surface area contributed by atoms with Crippen molar-refractivity contribution < 1.29 is 19.1 Å². The molecule has 8 heteroatoms. The Hall–Kier alpha value is -4.59. The minimum Gasteiger partial charge on any atom is -0.497 e. The molecule has 4 rings (SSSR count).